The van der Waals surface area contributed by atoms with Gasteiger partial charge in [0.1, 0.15) is 0 Å². The Balaban J connectivity index is 2.03. The van der Waals surface area contributed by atoms with Crippen molar-refractivity contribution in [1.29, 1.82) is 0 Å². The summed E-state index contributed by atoms with van der Waals surface area (Å²) >= 11 is 0. The van der Waals surface area contributed by atoms with Gasteiger partial charge in [0.05, 0.1) is 6.54 Å². The molecular formula is C20H32N2O. The number of hydrogen-bond acceptors (Lipinski definition) is 2. The average Bonchev–Trinajstić information content (AvgIpc) is 2.60. The second-order valence-electron chi connectivity index (χ2n) is 6.56. The first-order chi connectivity index (χ1) is 11.2. The van der Waals surface area contributed by atoms with E-state index in [9.17, 15) is 4.79 Å². The zero-order valence-electron chi connectivity index (χ0n) is 15.0. The van der Waals surface area contributed by atoms with E-state index in [2.05, 4.69) is 49.2 Å². The molecule has 2 rings (SSSR count). The van der Waals surface area contributed by atoms with E-state index in [-0.39, 0.29) is 5.91 Å². The fraction of sp³-hybridized carbons (Fsp3) is 0.650. The molecule has 3 heteroatoms. The van der Waals surface area contributed by atoms with Crippen LogP contribution in [0.5, 0.6) is 0 Å². The summed E-state index contributed by atoms with van der Waals surface area (Å²) in [6.07, 6.45) is 8.35. The van der Waals surface area contributed by atoms with Crippen molar-refractivity contribution >= 4 is 11.6 Å². The number of amides is 1. The standard InChI is InChI=1S/C20H32N2O/c1-4-16-11-10-12-17(5-2)20(16)21-19(23)15-22(6-3)18-13-8-7-9-14-18/h10-12,18H,4-9,13-15H2,1-3H3,(H,21,23). The molecule has 1 aliphatic rings. The Hall–Kier alpha value is -1.35. The lowest BCUT2D eigenvalue weighted by atomic mass is 9.94. The Morgan fingerprint density at radius 1 is 1.09 bits per heavy atom. The third kappa shape index (κ3) is 4.81. The van der Waals surface area contributed by atoms with Gasteiger partial charge in [-0.25, -0.2) is 0 Å². The molecule has 0 saturated heterocycles. The van der Waals surface area contributed by atoms with Gasteiger partial charge < -0.3 is 5.32 Å². The lowest BCUT2D eigenvalue weighted by Gasteiger charge is -2.33. The molecule has 1 N–H and O–H groups in total. The number of carbonyl (C=O) groups is 1. The minimum atomic E-state index is 0.132. The molecule has 0 radical (unpaired) electrons. The van der Waals surface area contributed by atoms with Gasteiger partial charge in [0.25, 0.3) is 0 Å². The lowest BCUT2D eigenvalue weighted by Crippen LogP contribution is -2.41. The predicted molar refractivity (Wildman–Crippen MR) is 97.9 cm³/mol. The zero-order chi connectivity index (χ0) is 16.7. The van der Waals surface area contributed by atoms with Crippen molar-refractivity contribution in [3.63, 3.8) is 0 Å². The Morgan fingerprint density at radius 2 is 1.70 bits per heavy atom. The number of likely N-dealkylation sites (N-methyl/N-ethyl adjacent to an activating group) is 1. The summed E-state index contributed by atoms with van der Waals surface area (Å²) in [6.45, 7) is 7.92. The topological polar surface area (TPSA) is 32.3 Å². The fourth-order valence-corrected chi connectivity index (χ4v) is 3.71. The zero-order valence-corrected chi connectivity index (χ0v) is 15.0. The van der Waals surface area contributed by atoms with Gasteiger partial charge in [0.2, 0.25) is 5.91 Å². The van der Waals surface area contributed by atoms with Gasteiger partial charge in [-0.3, -0.25) is 9.69 Å². The molecular weight excluding hydrogens is 284 g/mol. The van der Waals surface area contributed by atoms with E-state index >= 15 is 0 Å². The number of nitrogens with zero attached hydrogens (tertiary/aromatic N) is 1. The van der Waals surface area contributed by atoms with Crippen LogP contribution in [0.3, 0.4) is 0 Å². The monoisotopic (exact) mass is 316 g/mol. The van der Waals surface area contributed by atoms with Crippen molar-refractivity contribution in [2.75, 3.05) is 18.4 Å². The third-order valence-electron chi connectivity index (χ3n) is 5.11. The summed E-state index contributed by atoms with van der Waals surface area (Å²) in [5.74, 6) is 0.132. The van der Waals surface area contributed by atoms with Crippen LogP contribution in [0.15, 0.2) is 18.2 Å². The molecule has 0 heterocycles. The summed E-state index contributed by atoms with van der Waals surface area (Å²) in [7, 11) is 0. The van der Waals surface area contributed by atoms with Crippen LogP contribution in [-0.2, 0) is 17.6 Å². The van der Waals surface area contributed by atoms with E-state index in [0.29, 0.717) is 12.6 Å². The molecule has 0 atom stereocenters. The molecule has 1 aromatic rings. The number of carbonyl (C=O) groups excluding carboxylic acids is 1. The lowest BCUT2D eigenvalue weighted by molar-refractivity contribution is -0.118. The summed E-state index contributed by atoms with van der Waals surface area (Å²) in [4.78, 5) is 15.0. The molecule has 1 aromatic carbocycles. The number of benzene rings is 1. The van der Waals surface area contributed by atoms with Crippen molar-refractivity contribution in [3.05, 3.63) is 29.3 Å². The van der Waals surface area contributed by atoms with E-state index in [1.54, 1.807) is 0 Å². The van der Waals surface area contributed by atoms with Crippen LogP contribution in [0.25, 0.3) is 0 Å². The fourth-order valence-electron chi connectivity index (χ4n) is 3.71. The first-order valence-electron chi connectivity index (χ1n) is 9.34. The number of para-hydroxylation sites is 1. The van der Waals surface area contributed by atoms with Crippen molar-refractivity contribution < 1.29 is 4.79 Å². The second kappa shape index (κ2) is 9.07. The molecule has 0 unspecified atom stereocenters. The highest BCUT2D eigenvalue weighted by molar-refractivity contribution is 5.93. The maximum Gasteiger partial charge on any atom is 0.238 e. The molecule has 0 aliphatic heterocycles. The Morgan fingerprint density at radius 3 is 2.22 bits per heavy atom. The normalized spacial score (nSPS) is 15.8. The van der Waals surface area contributed by atoms with Gasteiger partial charge in [-0.2, -0.15) is 0 Å². The van der Waals surface area contributed by atoms with E-state index in [1.165, 1.54) is 43.2 Å². The molecule has 0 aromatic heterocycles. The minimum absolute atomic E-state index is 0.132. The first-order valence-corrected chi connectivity index (χ1v) is 9.34. The first kappa shape index (κ1) is 18.0. The molecule has 3 nitrogen and oxygen atoms in total. The van der Waals surface area contributed by atoms with E-state index in [4.69, 9.17) is 0 Å². The van der Waals surface area contributed by atoms with E-state index in [0.717, 1.165) is 25.1 Å². The summed E-state index contributed by atoms with van der Waals surface area (Å²) in [5.41, 5.74) is 3.51. The number of aryl methyl sites for hydroxylation is 2. The highest BCUT2D eigenvalue weighted by Gasteiger charge is 2.22. The van der Waals surface area contributed by atoms with Crippen LogP contribution in [-0.4, -0.2) is 29.9 Å². The van der Waals surface area contributed by atoms with Gasteiger partial charge >= 0.3 is 0 Å². The molecule has 1 aliphatic carbocycles. The van der Waals surface area contributed by atoms with Crippen LogP contribution in [0.1, 0.15) is 64.0 Å². The smallest absolute Gasteiger partial charge is 0.238 e. The number of hydrogen-bond donors (Lipinski definition) is 1. The second-order valence-corrected chi connectivity index (χ2v) is 6.56. The van der Waals surface area contributed by atoms with Crippen LogP contribution < -0.4 is 5.32 Å². The predicted octanol–water partition coefficient (Wildman–Crippen LogP) is 4.40. The quantitative estimate of drug-likeness (QED) is 0.808. The van der Waals surface area contributed by atoms with Gasteiger partial charge in [-0.15, -0.1) is 0 Å². The van der Waals surface area contributed by atoms with Gasteiger partial charge in [-0.1, -0.05) is 58.2 Å². The largest absolute Gasteiger partial charge is 0.324 e. The molecule has 1 amide bonds. The maximum atomic E-state index is 12.6. The van der Waals surface area contributed by atoms with Gasteiger partial charge in [0, 0.05) is 11.7 Å². The van der Waals surface area contributed by atoms with Crippen LogP contribution >= 0.6 is 0 Å². The van der Waals surface area contributed by atoms with Crippen LogP contribution in [0.2, 0.25) is 0 Å². The van der Waals surface area contributed by atoms with Gasteiger partial charge in [0.15, 0.2) is 0 Å². The van der Waals surface area contributed by atoms with Crippen LogP contribution in [0.4, 0.5) is 5.69 Å². The highest BCUT2D eigenvalue weighted by Crippen LogP contribution is 2.24. The van der Waals surface area contributed by atoms with Crippen molar-refractivity contribution in [3.8, 4) is 0 Å². The number of nitrogens with one attached hydrogen (secondary N) is 1. The number of anilines is 1. The maximum absolute atomic E-state index is 12.6. The average molecular weight is 316 g/mol. The minimum Gasteiger partial charge on any atom is -0.324 e. The third-order valence-corrected chi connectivity index (χ3v) is 5.11. The van der Waals surface area contributed by atoms with Crippen LogP contribution in [0, 0.1) is 0 Å². The molecule has 0 spiro atoms. The SMILES string of the molecule is CCc1cccc(CC)c1NC(=O)CN(CC)C1CCCCC1. The Bertz CT molecular complexity index is 484. The highest BCUT2D eigenvalue weighted by atomic mass is 16.2. The molecule has 128 valence electrons. The number of rotatable bonds is 7. The summed E-state index contributed by atoms with van der Waals surface area (Å²) in [6, 6.07) is 6.92. The van der Waals surface area contributed by atoms with Crippen molar-refractivity contribution in [2.45, 2.75) is 71.8 Å². The van der Waals surface area contributed by atoms with Crippen molar-refractivity contribution in [2.24, 2.45) is 0 Å². The summed E-state index contributed by atoms with van der Waals surface area (Å²) in [5, 5.41) is 3.20. The summed E-state index contributed by atoms with van der Waals surface area (Å²) < 4.78 is 0. The molecule has 1 saturated carbocycles. The molecule has 23 heavy (non-hydrogen) atoms. The molecule has 0 bridgehead atoms. The van der Waals surface area contributed by atoms with Gasteiger partial charge in [-0.05, 0) is 43.4 Å². The van der Waals surface area contributed by atoms with Crippen molar-refractivity contribution in [1.82, 2.24) is 4.90 Å². The van der Waals surface area contributed by atoms with E-state index < -0.39 is 0 Å². The molecule has 1 fully saturated rings. The van der Waals surface area contributed by atoms with E-state index in [1.807, 2.05) is 0 Å². The Labute approximate surface area is 141 Å². The Kier molecular flexibility index (Phi) is 7.10.